The van der Waals surface area contributed by atoms with Crippen molar-refractivity contribution in [2.75, 3.05) is 0 Å². The topological polar surface area (TPSA) is 42.2 Å². The van der Waals surface area contributed by atoms with E-state index < -0.39 is 30.2 Å². The maximum absolute atomic E-state index is 14.1. The molecule has 6 heteroatoms. The number of aromatic nitrogens is 1. The quantitative estimate of drug-likeness (QED) is 0.654. The van der Waals surface area contributed by atoms with Gasteiger partial charge in [-0.2, -0.15) is 13.2 Å². The Morgan fingerprint density at radius 2 is 1.59 bits per heavy atom. The van der Waals surface area contributed by atoms with Crippen LogP contribution in [-0.2, 0) is 12.0 Å². The van der Waals surface area contributed by atoms with Gasteiger partial charge in [0.25, 0.3) is 0 Å². The Labute approximate surface area is 167 Å². The van der Waals surface area contributed by atoms with Crippen molar-refractivity contribution in [3.8, 4) is 0 Å². The highest BCUT2D eigenvalue weighted by Crippen LogP contribution is 2.43. The summed E-state index contributed by atoms with van der Waals surface area (Å²) in [4.78, 5) is 12.0. The van der Waals surface area contributed by atoms with Gasteiger partial charge in [-0.1, -0.05) is 50.2 Å². The highest BCUT2D eigenvalue weighted by atomic mass is 19.4. The standard InChI is InChI=1S/C23H24F3NO2/c1-16-8-4-6-10-18(16)21(2,3)14-22(29,23(24,25)26)15-27-13-12-20(28)17-9-5-7-11-19(17)27/h4-13,29H,14-15H2,1-3H3. The highest BCUT2D eigenvalue weighted by Gasteiger charge is 2.56. The van der Waals surface area contributed by atoms with Gasteiger partial charge in [-0.15, -0.1) is 0 Å². The van der Waals surface area contributed by atoms with Crippen molar-refractivity contribution in [2.45, 2.75) is 50.9 Å². The number of rotatable bonds is 5. The van der Waals surface area contributed by atoms with E-state index in [4.69, 9.17) is 0 Å². The number of aliphatic hydroxyl groups is 1. The summed E-state index contributed by atoms with van der Waals surface area (Å²) in [5.41, 5.74) is -2.19. The molecule has 3 aromatic rings. The molecular formula is C23H24F3NO2. The molecule has 0 radical (unpaired) electrons. The molecule has 0 aliphatic rings. The SMILES string of the molecule is Cc1ccccc1C(C)(C)CC(O)(Cn1ccc(=O)c2ccccc21)C(F)(F)F. The van der Waals surface area contributed by atoms with Crippen LogP contribution in [-0.4, -0.2) is 21.5 Å². The normalized spacial score (nSPS) is 14.7. The molecule has 0 fully saturated rings. The molecule has 1 N–H and O–H groups in total. The van der Waals surface area contributed by atoms with Crippen molar-refractivity contribution >= 4 is 10.9 Å². The molecule has 3 rings (SSSR count). The minimum Gasteiger partial charge on any atom is -0.379 e. The molecule has 1 heterocycles. The maximum atomic E-state index is 14.1. The smallest absolute Gasteiger partial charge is 0.379 e. The fourth-order valence-corrected chi connectivity index (χ4v) is 4.08. The Morgan fingerprint density at radius 3 is 2.24 bits per heavy atom. The van der Waals surface area contributed by atoms with Crippen molar-refractivity contribution in [3.05, 3.63) is 82.1 Å². The number of hydrogen-bond acceptors (Lipinski definition) is 2. The van der Waals surface area contributed by atoms with Crippen LogP contribution in [0, 0.1) is 6.92 Å². The van der Waals surface area contributed by atoms with E-state index in [1.54, 1.807) is 50.2 Å². The number of alkyl halides is 3. The van der Waals surface area contributed by atoms with Gasteiger partial charge >= 0.3 is 6.18 Å². The first-order valence-corrected chi connectivity index (χ1v) is 9.38. The average molecular weight is 403 g/mol. The molecule has 0 spiro atoms. The largest absolute Gasteiger partial charge is 0.418 e. The summed E-state index contributed by atoms with van der Waals surface area (Å²) in [6.07, 6.45) is -4.06. The number of halogens is 3. The van der Waals surface area contributed by atoms with E-state index in [0.717, 1.165) is 11.1 Å². The molecule has 0 aliphatic heterocycles. The molecule has 1 aromatic heterocycles. The Morgan fingerprint density at radius 1 is 0.966 bits per heavy atom. The zero-order chi connectivity index (χ0) is 21.4. The van der Waals surface area contributed by atoms with Crippen LogP contribution in [0.1, 0.15) is 31.4 Å². The van der Waals surface area contributed by atoms with Crippen LogP contribution in [0.3, 0.4) is 0 Å². The number of pyridine rings is 1. The van der Waals surface area contributed by atoms with Crippen molar-refractivity contribution in [1.82, 2.24) is 4.57 Å². The average Bonchev–Trinajstić information content (AvgIpc) is 2.63. The highest BCUT2D eigenvalue weighted by molar-refractivity contribution is 5.78. The third-order valence-electron chi connectivity index (χ3n) is 5.45. The maximum Gasteiger partial charge on any atom is 0.418 e. The molecule has 2 aromatic carbocycles. The lowest BCUT2D eigenvalue weighted by atomic mass is 9.73. The molecule has 0 bridgehead atoms. The predicted molar refractivity (Wildman–Crippen MR) is 108 cm³/mol. The molecule has 29 heavy (non-hydrogen) atoms. The third kappa shape index (κ3) is 4.08. The Balaban J connectivity index is 2.06. The summed E-state index contributed by atoms with van der Waals surface area (Å²) in [5.74, 6) is 0. The molecule has 0 saturated carbocycles. The minimum atomic E-state index is -4.85. The monoisotopic (exact) mass is 403 g/mol. The van der Waals surface area contributed by atoms with Crippen molar-refractivity contribution in [2.24, 2.45) is 0 Å². The number of para-hydroxylation sites is 1. The fraction of sp³-hybridized carbons (Fsp3) is 0.348. The van der Waals surface area contributed by atoms with Crippen molar-refractivity contribution in [1.29, 1.82) is 0 Å². The van der Waals surface area contributed by atoms with Gasteiger partial charge in [0.2, 0.25) is 0 Å². The third-order valence-corrected chi connectivity index (χ3v) is 5.45. The van der Waals surface area contributed by atoms with E-state index in [2.05, 4.69) is 0 Å². The lowest BCUT2D eigenvalue weighted by molar-refractivity contribution is -0.271. The second kappa shape index (κ2) is 7.34. The van der Waals surface area contributed by atoms with E-state index in [0.29, 0.717) is 10.9 Å². The van der Waals surface area contributed by atoms with E-state index in [9.17, 15) is 23.1 Å². The Hall–Kier alpha value is -2.60. The summed E-state index contributed by atoms with van der Waals surface area (Å²) in [6, 6.07) is 14.9. The van der Waals surface area contributed by atoms with E-state index in [1.807, 2.05) is 19.1 Å². The van der Waals surface area contributed by atoms with Crippen LogP contribution >= 0.6 is 0 Å². The van der Waals surface area contributed by atoms with Crippen LogP contribution in [0.4, 0.5) is 13.2 Å². The van der Waals surface area contributed by atoms with Gasteiger partial charge in [-0.05, 0) is 42.0 Å². The predicted octanol–water partition coefficient (Wildman–Crippen LogP) is 4.97. The molecule has 0 amide bonds. The van der Waals surface area contributed by atoms with Gasteiger partial charge in [0.05, 0.1) is 12.1 Å². The van der Waals surface area contributed by atoms with Gasteiger partial charge in [-0.3, -0.25) is 4.79 Å². The second-order valence-corrected chi connectivity index (χ2v) is 8.23. The molecule has 154 valence electrons. The van der Waals surface area contributed by atoms with Crippen molar-refractivity contribution < 1.29 is 18.3 Å². The summed E-state index contributed by atoms with van der Waals surface area (Å²) in [5, 5.41) is 11.2. The Kier molecular flexibility index (Phi) is 5.34. The molecule has 1 unspecified atom stereocenters. The first kappa shape index (κ1) is 21.1. The molecular weight excluding hydrogens is 379 g/mol. The lowest BCUT2D eigenvalue weighted by Crippen LogP contribution is -2.52. The number of fused-ring (bicyclic) bond motifs is 1. The van der Waals surface area contributed by atoms with Gasteiger partial charge in [0.15, 0.2) is 11.0 Å². The van der Waals surface area contributed by atoms with Crippen LogP contribution in [0.2, 0.25) is 0 Å². The van der Waals surface area contributed by atoms with E-state index in [-0.39, 0.29) is 5.43 Å². The van der Waals surface area contributed by atoms with Gasteiger partial charge in [0, 0.05) is 17.6 Å². The fourth-order valence-electron chi connectivity index (χ4n) is 4.08. The van der Waals surface area contributed by atoms with Crippen LogP contribution in [0.15, 0.2) is 65.6 Å². The second-order valence-electron chi connectivity index (χ2n) is 8.23. The van der Waals surface area contributed by atoms with Crippen molar-refractivity contribution in [3.63, 3.8) is 0 Å². The number of benzene rings is 2. The van der Waals surface area contributed by atoms with Crippen LogP contribution in [0.5, 0.6) is 0 Å². The van der Waals surface area contributed by atoms with Gasteiger partial charge < -0.3 is 9.67 Å². The summed E-state index contributed by atoms with van der Waals surface area (Å²) in [6.45, 7) is 4.55. The number of hydrogen-bond donors (Lipinski definition) is 1. The molecule has 3 nitrogen and oxygen atoms in total. The molecule has 0 saturated heterocycles. The lowest BCUT2D eigenvalue weighted by Gasteiger charge is -2.39. The van der Waals surface area contributed by atoms with Crippen LogP contribution in [0.25, 0.3) is 10.9 Å². The van der Waals surface area contributed by atoms with Gasteiger partial charge in [0.1, 0.15) is 0 Å². The Bertz CT molecular complexity index is 1090. The number of nitrogens with zero attached hydrogens (tertiary/aromatic N) is 1. The summed E-state index contributed by atoms with van der Waals surface area (Å²) in [7, 11) is 0. The zero-order valence-corrected chi connectivity index (χ0v) is 16.6. The zero-order valence-electron chi connectivity index (χ0n) is 16.6. The van der Waals surface area contributed by atoms with Crippen LogP contribution < -0.4 is 5.43 Å². The van der Waals surface area contributed by atoms with Gasteiger partial charge in [-0.25, -0.2) is 0 Å². The molecule has 0 aliphatic carbocycles. The number of aryl methyl sites for hydroxylation is 1. The first-order valence-electron chi connectivity index (χ1n) is 9.38. The summed E-state index contributed by atoms with van der Waals surface area (Å²) < 4.78 is 43.6. The minimum absolute atomic E-state index is 0.271. The molecule has 1 atom stereocenters. The first-order chi connectivity index (χ1) is 13.4. The van der Waals surface area contributed by atoms with E-state index in [1.165, 1.54) is 16.8 Å². The summed E-state index contributed by atoms with van der Waals surface area (Å²) >= 11 is 0. The van der Waals surface area contributed by atoms with E-state index >= 15 is 0 Å².